The van der Waals surface area contributed by atoms with Crippen LogP contribution in [0, 0.1) is 10.1 Å². The number of esters is 1. The molecule has 2 aromatic rings. The van der Waals surface area contributed by atoms with Crippen molar-refractivity contribution >= 4 is 23.3 Å². The Bertz CT molecular complexity index is 851. The highest BCUT2D eigenvalue weighted by Crippen LogP contribution is 2.28. The Balaban J connectivity index is 1.92. The number of amides is 1. The standard InChI is InChI=1S/C18H18N2O7/c1-25-15-6-4-3-5-12(15)9-18(22)27-11-17(21)19-14-8-7-13(20(23)24)10-16(14)26-2/h3-8,10H,9,11H2,1-2H3,(H,19,21). The molecule has 9 heteroatoms. The van der Waals surface area contributed by atoms with Crippen LogP contribution in [0.3, 0.4) is 0 Å². The summed E-state index contributed by atoms with van der Waals surface area (Å²) < 4.78 is 15.1. The van der Waals surface area contributed by atoms with Gasteiger partial charge in [-0.1, -0.05) is 18.2 Å². The number of rotatable bonds is 8. The summed E-state index contributed by atoms with van der Waals surface area (Å²) in [6.45, 7) is -0.506. The molecule has 0 aliphatic heterocycles. The van der Waals surface area contributed by atoms with E-state index in [1.54, 1.807) is 24.3 Å². The molecule has 0 fully saturated rings. The van der Waals surface area contributed by atoms with Gasteiger partial charge in [-0.3, -0.25) is 19.7 Å². The summed E-state index contributed by atoms with van der Waals surface area (Å²) in [5.74, 6) is -0.520. The molecular formula is C18H18N2O7. The normalized spacial score (nSPS) is 10.0. The number of anilines is 1. The fourth-order valence-electron chi connectivity index (χ4n) is 2.28. The molecule has 2 rings (SSSR count). The third-order valence-corrected chi connectivity index (χ3v) is 3.56. The molecule has 9 nitrogen and oxygen atoms in total. The lowest BCUT2D eigenvalue weighted by Gasteiger charge is -2.11. The predicted octanol–water partition coefficient (Wildman–Crippen LogP) is 2.34. The minimum absolute atomic E-state index is 0.0435. The monoisotopic (exact) mass is 374 g/mol. The smallest absolute Gasteiger partial charge is 0.310 e. The quantitative estimate of drug-likeness (QED) is 0.428. The van der Waals surface area contributed by atoms with E-state index in [9.17, 15) is 19.7 Å². The third kappa shape index (κ3) is 5.43. The summed E-state index contributed by atoms with van der Waals surface area (Å²) in [6.07, 6.45) is -0.0435. The van der Waals surface area contributed by atoms with Gasteiger partial charge in [0.25, 0.3) is 11.6 Å². The zero-order chi connectivity index (χ0) is 19.8. The van der Waals surface area contributed by atoms with Crippen LogP contribution in [0.15, 0.2) is 42.5 Å². The number of methoxy groups -OCH3 is 2. The average molecular weight is 374 g/mol. The molecule has 2 aromatic carbocycles. The van der Waals surface area contributed by atoms with Gasteiger partial charge in [0.05, 0.1) is 37.3 Å². The molecule has 27 heavy (non-hydrogen) atoms. The van der Waals surface area contributed by atoms with E-state index in [4.69, 9.17) is 14.2 Å². The van der Waals surface area contributed by atoms with E-state index in [1.165, 1.54) is 32.4 Å². The predicted molar refractivity (Wildman–Crippen MR) is 95.9 cm³/mol. The maximum atomic E-state index is 12.0. The van der Waals surface area contributed by atoms with E-state index in [0.717, 1.165) is 0 Å². The first kappa shape index (κ1) is 19.7. The molecule has 0 radical (unpaired) electrons. The molecule has 0 saturated heterocycles. The van der Waals surface area contributed by atoms with E-state index in [0.29, 0.717) is 11.3 Å². The average Bonchev–Trinajstić information content (AvgIpc) is 2.67. The number of nitrogens with zero attached hydrogens (tertiary/aromatic N) is 1. The van der Waals surface area contributed by atoms with Crippen LogP contribution < -0.4 is 14.8 Å². The molecule has 0 aliphatic rings. The number of hydrogen-bond donors (Lipinski definition) is 1. The summed E-state index contributed by atoms with van der Waals surface area (Å²) in [7, 11) is 2.82. The maximum Gasteiger partial charge on any atom is 0.310 e. The molecule has 0 bridgehead atoms. The summed E-state index contributed by atoms with van der Waals surface area (Å²) in [6, 6.07) is 10.7. The van der Waals surface area contributed by atoms with Gasteiger partial charge >= 0.3 is 5.97 Å². The number of para-hydroxylation sites is 1. The van der Waals surface area contributed by atoms with Crippen molar-refractivity contribution in [1.29, 1.82) is 0 Å². The Kier molecular flexibility index (Phi) is 6.70. The molecule has 0 aromatic heterocycles. The lowest BCUT2D eigenvalue weighted by Crippen LogP contribution is -2.22. The molecule has 142 valence electrons. The number of hydrogen-bond acceptors (Lipinski definition) is 7. The van der Waals surface area contributed by atoms with E-state index < -0.39 is 23.4 Å². The number of ether oxygens (including phenoxy) is 3. The number of nitro benzene ring substituents is 1. The summed E-state index contributed by atoms with van der Waals surface area (Å²) in [5, 5.41) is 13.3. The van der Waals surface area contributed by atoms with Gasteiger partial charge in [0.15, 0.2) is 6.61 Å². The fraction of sp³-hybridized carbons (Fsp3) is 0.222. The van der Waals surface area contributed by atoms with Gasteiger partial charge in [-0.15, -0.1) is 0 Å². The molecule has 0 spiro atoms. The highest BCUT2D eigenvalue weighted by molar-refractivity contribution is 5.94. The molecule has 1 N–H and O–H groups in total. The van der Waals surface area contributed by atoms with Gasteiger partial charge in [-0.05, 0) is 12.1 Å². The van der Waals surface area contributed by atoms with Gasteiger partial charge in [-0.25, -0.2) is 0 Å². The first-order valence-electron chi connectivity index (χ1n) is 7.84. The second-order valence-electron chi connectivity index (χ2n) is 5.34. The van der Waals surface area contributed by atoms with Crippen LogP contribution in [-0.2, 0) is 20.7 Å². The van der Waals surface area contributed by atoms with Crippen molar-refractivity contribution in [3.8, 4) is 11.5 Å². The van der Waals surface area contributed by atoms with Crippen LogP contribution in [0.1, 0.15) is 5.56 Å². The van der Waals surface area contributed by atoms with Gasteiger partial charge in [-0.2, -0.15) is 0 Å². The summed E-state index contributed by atoms with van der Waals surface area (Å²) in [4.78, 5) is 34.1. The Hall–Kier alpha value is -3.62. The van der Waals surface area contributed by atoms with E-state index in [1.807, 2.05) is 0 Å². The second-order valence-corrected chi connectivity index (χ2v) is 5.34. The Morgan fingerprint density at radius 3 is 2.44 bits per heavy atom. The third-order valence-electron chi connectivity index (χ3n) is 3.56. The van der Waals surface area contributed by atoms with Crippen molar-refractivity contribution in [2.75, 3.05) is 26.1 Å². The minimum Gasteiger partial charge on any atom is -0.496 e. The van der Waals surface area contributed by atoms with Gasteiger partial charge in [0.2, 0.25) is 0 Å². The first-order chi connectivity index (χ1) is 12.9. The van der Waals surface area contributed by atoms with Crippen molar-refractivity contribution in [2.24, 2.45) is 0 Å². The van der Waals surface area contributed by atoms with Crippen molar-refractivity contribution < 1.29 is 28.7 Å². The Labute approximate surface area is 155 Å². The summed E-state index contributed by atoms with van der Waals surface area (Å²) in [5.41, 5.74) is 0.699. The number of carbonyl (C=O) groups excluding carboxylic acids is 2. The zero-order valence-electron chi connectivity index (χ0n) is 14.8. The highest BCUT2D eigenvalue weighted by atomic mass is 16.6. The number of nitro groups is 1. The number of non-ortho nitro benzene ring substituents is 1. The first-order valence-corrected chi connectivity index (χ1v) is 7.84. The van der Waals surface area contributed by atoms with Crippen molar-refractivity contribution in [1.82, 2.24) is 0 Å². The molecule has 1 amide bonds. The molecule has 0 atom stereocenters. The van der Waals surface area contributed by atoms with Crippen LogP contribution in [0.4, 0.5) is 11.4 Å². The number of carbonyl (C=O) groups is 2. The summed E-state index contributed by atoms with van der Waals surface area (Å²) >= 11 is 0. The molecule has 0 unspecified atom stereocenters. The van der Waals surface area contributed by atoms with Crippen LogP contribution >= 0.6 is 0 Å². The van der Waals surface area contributed by atoms with Crippen molar-refractivity contribution in [3.05, 3.63) is 58.1 Å². The van der Waals surface area contributed by atoms with Crippen molar-refractivity contribution in [2.45, 2.75) is 6.42 Å². The molecule has 0 saturated carbocycles. The minimum atomic E-state index is -0.601. The lowest BCUT2D eigenvalue weighted by molar-refractivity contribution is -0.384. The molecule has 0 aliphatic carbocycles. The van der Waals surface area contributed by atoms with E-state index in [2.05, 4.69) is 5.32 Å². The second kappa shape index (κ2) is 9.18. The SMILES string of the molecule is COc1ccccc1CC(=O)OCC(=O)Nc1ccc([N+](=O)[O-])cc1OC. The van der Waals surface area contributed by atoms with E-state index in [-0.39, 0.29) is 23.5 Å². The van der Waals surface area contributed by atoms with Gasteiger partial charge in [0.1, 0.15) is 11.5 Å². The van der Waals surface area contributed by atoms with E-state index >= 15 is 0 Å². The van der Waals surface area contributed by atoms with Crippen LogP contribution in [0.25, 0.3) is 0 Å². The van der Waals surface area contributed by atoms with Crippen LogP contribution in [-0.4, -0.2) is 37.6 Å². The van der Waals surface area contributed by atoms with Gasteiger partial charge < -0.3 is 19.5 Å². The van der Waals surface area contributed by atoms with Crippen LogP contribution in [0.5, 0.6) is 11.5 Å². The largest absolute Gasteiger partial charge is 0.496 e. The Morgan fingerprint density at radius 1 is 1.07 bits per heavy atom. The lowest BCUT2D eigenvalue weighted by atomic mass is 10.1. The van der Waals surface area contributed by atoms with Crippen molar-refractivity contribution in [3.63, 3.8) is 0 Å². The molecular weight excluding hydrogens is 356 g/mol. The highest BCUT2D eigenvalue weighted by Gasteiger charge is 2.15. The van der Waals surface area contributed by atoms with Gasteiger partial charge in [0, 0.05) is 11.6 Å². The van der Waals surface area contributed by atoms with Crippen LogP contribution in [0.2, 0.25) is 0 Å². The fourth-order valence-corrected chi connectivity index (χ4v) is 2.28. The number of benzene rings is 2. The Morgan fingerprint density at radius 2 is 1.78 bits per heavy atom. The maximum absolute atomic E-state index is 12.0. The zero-order valence-corrected chi connectivity index (χ0v) is 14.8. The molecule has 0 heterocycles. The topological polar surface area (TPSA) is 117 Å². The number of nitrogens with one attached hydrogen (secondary N) is 1.